The van der Waals surface area contributed by atoms with Crippen molar-refractivity contribution in [3.63, 3.8) is 0 Å². The Labute approximate surface area is 199 Å². The molecule has 2 rings (SSSR count). The molecular formula is C23H33ClHgO2Si. The van der Waals surface area contributed by atoms with Crippen molar-refractivity contribution < 1.29 is 49.2 Å². The van der Waals surface area contributed by atoms with E-state index in [0.29, 0.717) is 0 Å². The number of halogens is 1. The number of benzene rings is 2. The van der Waals surface area contributed by atoms with Gasteiger partial charge >= 0.3 is 27.7 Å². The predicted molar refractivity (Wildman–Crippen MR) is 114 cm³/mol. The van der Waals surface area contributed by atoms with Gasteiger partial charge in [-0.2, -0.15) is 0 Å². The Kier molecular flexibility index (Phi) is 11.2. The average Bonchev–Trinajstić information content (AvgIpc) is 2.59. The number of methoxy groups -OCH3 is 1. The van der Waals surface area contributed by atoms with E-state index in [-0.39, 0.29) is 56.8 Å². The van der Waals surface area contributed by atoms with Gasteiger partial charge in [-0.15, -0.1) is 0 Å². The summed E-state index contributed by atoms with van der Waals surface area (Å²) in [6, 6.07) is 21.5. The Morgan fingerprint density at radius 2 is 1.21 bits per heavy atom. The summed E-state index contributed by atoms with van der Waals surface area (Å²) < 4.78 is 12.6. The van der Waals surface area contributed by atoms with E-state index in [0.717, 1.165) is 0 Å². The van der Waals surface area contributed by atoms with Crippen LogP contribution in [0, 0.1) is 6.42 Å². The minimum Gasteiger partial charge on any atom is -1.00 e. The molecule has 0 saturated heterocycles. The summed E-state index contributed by atoms with van der Waals surface area (Å²) in [5.41, 5.74) is -0.329. The van der Waals surface area contributed by atoms with E-state index in [1.54, 1.807) is 7.11 Å². The van der Waals surface area contributed by atoms with Gasteiger partial charge in [0.2, 0.25) is 0 Å². The number of hydrogen-bond acceptors (Lipinski definition) is 2. The largest absolute Gasteiger partial charge is 1.00 e. The minimum absolute atomic E-state index is 0. The quantitative estimate of drug-likeness (QED) is 0.447. The molecule has 150 valence electrons. The topological polar surface area (TPSA) is 18.5 Å². The number of rotatable bonds is 7. The van der Waals surface area contributed by atoms with E-state index >= 15 is 0 Å². The summed E-state index contributed by atoms with van der Waals surface area (Å²) in [7, 11) is -0.770. The third-order valence-electron chi connectivity index (χ3n) is 4.94. The van der Waals surface area contributed by atoms with Gasteiger partial charge in [-0.3, -0.25) is 0 Å². The molecule has 0 heterocycles. The van der Waals surface area contributed by atoms with E-state index in [2.05, 4.69) is 109 Å². The van der Waals surface area contributed by atoms with Crippen LogP contribution in [0.4, 0.5) is 0 Å². The van der Waals surface area contributed by atoms with E-state index in [1.807, 2.05) is 0 Å². The molecule has 0 unspecified atom stereocenters. The number of ether oxygens (including phenoxy) is 1. The minimum atomic E-state index is -2.51. The molecule has 0 N–H and O–H groups in total. The summed E-state index contributed by atoms with van der Waals surface area (Å²) in [6.07, 6.45) is 2.13. The van der Waals surface area contributed by atoms with E-state index in [9.17, 15) is 0 Å². The van der Waals surface area contributed by atoms with Gasteiger partial charge in [0.1, 0.15) is 0 Å². The molecular weight excluding hydrogens is 572 g/mol. The molecule has 2 aromatic rings. The van der Waals surface area contributed by atoms with Crippen molar-refractivity contribution in [1.82, 2.24) is 0 Å². The first kappa shape index (κ1) is 27.8. The summed E-state index contributed by atoms with van der Waals surface area (Å²) in [6.45, 7) is 13.2. The third-order valence-corrected chi connectivity index (χ3v) is 10.1. The normalized spacial score (nSPS) is 13.2. The Morgan fingerprint density at radius 1 is 0.821 bits per heavy atom. The fourth-order valence-corrected chi connectivity index (χ4v) is 8.28. The SMILES string of the molecule is COC(C)(C)[CH][C@H](C)O[Si](c1ccccc1)(c1ccccc1)C(C)(C)C.[Cl-].[Hg+]. The zero-order valence-corrected chi connectivity index (χ0v) is 25.6. The van der Waals surface area contributed by atoms with Crippen molar-refractivity contribution in [2.45, 2.75) is 58.3 Å². The van der Waals surface area contributed by atoms with Gasteiger partial charge in [-0.05, 0) is 36.2 Å². The Balaban J connectivity index is 0.00000364. The Bertz CT molecular complexity index is 647. The molecule has 0 aliphatic heterocycles. The number of hydrogen-bond donors (Lipinski definition) is 0. The molecule has 0 amide bonds. The Hall–Kier alpha value is -0.198. The van der Waals surface area contributed by atoms with Gasteiger partial charge in [0.15, 0.2) is 0 Å². The molecule has 2 radical (unpaired) electrons. The summed E-state index contributed by atoms with van der Waals surface area (Å²) >= 11 is 0. The maximum Gasteiger partial charge on any atom is 1.00 e. The molecule has 0 aliphatic rings. The third kappa shape index (κ3) is 6.40. The fraction of sp³-hybridized carbons (Fsp3) is 0.435. The van der Waals surface area contributed by atoms with Crippen LogP contribution < -0.4 is 22.8 Å². The predicted octanol–water partition coefficient (Wildman–Crippen LogP) is 1.58. The van der Waals surface area contributed by atoms with Gasteiger partial charge < -0.3 is 21.6 Å². The molecule has 0 bridgehead atoms. The second kappa shape index (κ2) is 11.3. The van der Waals surface area contributed by atoms with Crippen LogP contribution >= 0.6 is 0 Å². The van der Waals surface area contributed by atoms with Gasteiger partial charge in [0.05, 0.1) is 5.60 Å². The van der Waals surface area contributed by atoms with Crippen LogP contribution in [0.15, 0.2) is 60.7 Å². The average molecular weight is 606 g/mol. The maximum absolute atomic E-state index is 7.02. The molecule has 28 heavy (non-hydrogen) atoms. The maximum atomic E-state index is 7.02. The van der Waals surface area contributed by atoms with Gasteiger partial charge in [-0.1, -0.05) is 81.4 Å². The summed E-state index contributed by atoms with van der Waals surface area (Å²) in [4.78, 5) is 0. The van der Waals surface area contributed by atoms with Crippen LogP contribution in [0.2, 0.25) is 5.04 Å². The van der Waals surface area contributed by atoms with Crippen LogP contribution in [-0.2, 0) is 36.8 Å². The second-order valence-corrected chi connectivity index (χ2v) is 12.7. The molecule has 5 heteroatoms. The van der Waals surface area contributed by atoms with Crippen LogP contribution in [0.1, 0.15) is 41.5 Å². The molecule has 0 aromatic heterocycles. The second-order valence-electron chi connectivity index (χ2n) is 8.46. The van der Waals surface area contributed by atoms with Crippen LogP contribution in [-0.4, -0.2) is 27.1 Å². The molecule has 0 spiro atoms. The Morgan fingerprint density at radius 3 is 1.54 bits per heavy atom. The van der Waals surface area contributed by atoms with Gasteiger partial charge in [-0.25, -0.2) is 0 Å². The first-order valence-corrected chi connectivity index (χ1v) is 11.2. The molecule has 0 saturated carbocycles. The zero-order chi connectivity index (χ0) is 19.4. The van der Waals surface area contributed by atoms with Crippen LogP contribution in [0.25, 0.3) is 0 Å². The standard InChI is InChI=1S/C23H33O2Si.ClH.Hg/c1-19(18-23(5,6)24-7)25-26(22(2,3)4,20-14-10-8-11-15-20)21-16-12-9-13-17-21;;/h8-19H,1-7H3;1H;/q;;+1/p-1/t19-;;/m0../s1. The molecule has 2 nitrogen and oxygen atoms in total. The molecule has 0 fully saturated rings. The van der Waals surface area contributed by atoms with Crippen LogP contribution in [0.3, 0.4) is 0 Å². The smallest absolute Gasteiger partial charge is 1.00 e. The van der Waals surface area contributed by atoms with Gasteiger partial charge in [0.25, 0.3) is 8.32 Å². The van der Waals surface area contributed by atoms with Crippen molar-refractivity contribution in [2.24, 2.45) is 0 Å². The van der Waals surface area contributed by atoms with Crippen molar-refractivity contribution >= 4 is 18.7 Å². The molecule has 2 aromatic carbocycles. The molecule has 0 aliphatic carbocycles. The van der Waals surface area contributed by atoms with E-state index in [1.165, 1.54) is 10.4 Å². The van der Waals surface area contributed by atoms with Crippen molar-refractivity contribution in [1.29, 1.82) is 0 Å². The first-order chi connectivity index (χ1) is 12.1. The van der Waals surface area contributed by atoms with Crippen LogP contribution in [0.5, 0.6) is 0 Å². The van der Waals surface area contributed by atoms with Crippen molar-refractivity contribution in [3.05, 3.63) is 67.1 Å². The van der Waals surface area contributed by atoms with Crippen molar-refractivity contribution in [3.8, 4) is 0 Å². The van der Waals surface area contributed by atoms with E-state index in [4.69, 9.17) is 9.16 Å². The summed E-state index contributed by atoms with van der Waals surface area (Å²) in [5, 5.41) is 2.58. The van der Waals surface area contributed by atoms with Crippen molar-refractivity contribution in [2.75, 3.05) is 7.11 Å². The fourth-order valence-electron chi connectivity index (χ4n) is 3.64. The zero-order valence-electron chi connectivity index (χ0n) is 18.3. The first-order valence-electron chi connectivity index (χ1n) is 9.32. The van der Waals surface area contributed by atoms with E-state index < -0.39 is 8.32 Å². The monoisotopic (exact) mass is 606 g/mol. The summed E-state index contributed by atoms with van der Waals surface area (Å²) in [5.74, 6) is 0. The molecule has 1 atom stereocenters. The van der Waals surface area contributed by atoms with Gasteiger partial charge in [0, 0.05) is 19.6 Å².